The van der Waals surface area contributed by atoms with Crippen molar-refractivity contribution in [2.24, 2.45) is 0 Å². The van der Waals surface area contributed by atoms with Crippen LogP contribution in [0, 0.1) is 0 Å². The molecule has 0 aliphatic heterocycles. The van der Waals surface area contributed by atoms with Crippen molar-refractivity contribution in [1.29, 1.82) is 0 Å². The Morgan fingerprint density at radius 2 is 1.17 bits per heavy atom. The Labute approximate surface area is 175 Å². The second-order valence-electron chi connectivity index (χ2n) is 6.95. The van der Waals surface area contributed by atoms with Crippen molar-refractivity contribution in [3.63, 3.8) is 0 Å². The summed E-state index contributed by atoms with van der Waals surface area (Å²) >= 11 is 0. The lowest BCUT2D eigenvalue weighted by molar-refractivity contribution is -0.684. The summed E-state index contributed by atoms with van der Waals surface area (Å²) in [5.41, 5.74) is 4.22. The summed E-state index contributed by atoms with van der Waals surface area (Å²) < 4.78 is 1.75. The summed E-state index contributed by atoms with van der Waals surface area (Å²) in [7, 11) is 0. The SMILES string of the molecule is O=C(C[n+]1ccc(C(=O)c2ccccc2)cc1)Nc1ccc(-c2ccccc2)cc1. The number of aromatic nitrogens is 1. The predicted molar refractivity (Wildman–Crippen MR) is 117 cm³/mol. The van der Waals surface area contributed by atoms with Crippen LogP contribution >= 0.6 is 0 Å². The van der Waals surface area contributed by atoms with E-state index < -0.39 is 0 Å². The van der Waals surface area contributed by atoms with E-state index in [2.05, 4.69) is 17.4 Å². The number of hydrogen-bond donors (Lipinski definition) is 1. The molecule has 1 heterocycles. The number of nitrogens with one attached hydrogen (secondary N) is 1. The van der Waals surface area contributed by atoms with Gasteiger partial charge in [-0.25, -0.2) is 0 Å². The van der Waals surface area contributed by atoms with E-state index in [9.17, 15) is 9.59 Å². The fourth-order valence-corrected chi connectivity index (χ4v) is 3.21. The van der Waals surface area contributed by atoms with Crippen molar-refractivity contribution in [2.75, 3.05) is 5.32 Å². The molecule has 0 aliphatic carbocycles. The van der Waals surface area contributed by atoms with Crippen LogP contribution in [0.25, 0.3) is 11.1 Å². The number of ketones is 1. The lowest BCUT2D eigenvalue weighted by Gasteiger charge is -2.06. The van der Waals surface area contributed by atoms with E-state index >= 15 is 0 Å². The minimum Gasteiger partial charge on any atom is -0.321 e. The summed E-state index contributed by atoms with van der Waals surface area (Å²) in [6, 6.07) is 30.5. The van der Waals surface area contributed by atoms with E-state index in [-0.39, 0.29) is 18.2 Å². The van der Waals surface area contributed by atoms with Crippen molar-refractivity contribution >= 4 is 17.4 Å². The number of nitrogens with zero attached hydrogens (tertiary/aromatic N) is 1. The number of hydrogen-bond acceptors (Lipinski definition) is 2. The van der Waals surface area contributed by atoms with Gasteiger partial charge in [0.1, 0.15) is 0 Å². The zero-order valence-corrected chi connectivity index (χ0v) is 16.4. The largest absolute Gasteiger partial charge is 0.321 e. The summed E-state index contributed by atoms with van der Waals surface area (Å²) in [5, 5.41) is 2.91. The maximum atomic E-state index is 12.5. The van der Waals surface area contributed by atoms with Gasteiger partial charge in [0.15, 0.2) is 18.2 Å². The van der Waals surface area contributed by atoms with Gasteiger partial charge < -0.3 is 5.32 Å². The Morgan fingerprint density at radius 1 is 0.633 bits per heavy atom. The van der Waals surface area contributed by atoms with Crippen LogP contribution in [0.15, 0.2) is 109 Å². The Kier molecular flexibility index (Phi) is 5.76. The molecule has 4 heteroatoms. The quantitative estimate of drug-likeness (QED) is 0.387. The summed E-state index contributed by atoms with van der Waals surface area (Å²) in [5.74, 6) is -0.166. The van der Waals surface area contributed by atoms with Gasteiger partial charge in [-0.1, -0.05) is 72.8 Å². The molecular weight excluding hydrogens is 372 g/mol. The average Bonchev–Trinajstić information content (AvgIpc) is 2.81. The summed E-state index contributed by atoms with van der Waals surface area (Å²) in [6.07, 6.45) is 3.49. The first-order chi connectivity index (χ1) is 14.7. The first kappa shape index (κ1) is 19.3. The second kappa shape index (κ2) is 8.97. The molecule has 0 saturated carbocycles. The molecule has 0 saturated heterocycles. The molecule has 4 nitrogen and oxygen atoms in total. The molecule has 4 aromatic rings. The maximum absolute atomic E-state index is 12.5. The number of amides is 1. The van der Waals surface area contributed by atoms with Crippen LogP contribution in [0.1, 0.15) is 15.9 Å². The molecule has 0 spiro atoms. The number of rotatable bonds is 6. The van der Waals surface area contributed by atoms with Gasteiger partial charge in [0, 0.05) is 28.9 Å². The molecule has 1 amide bonds. The van der Waals surface area contributed by atoms with Crippen molar-refractivity contribution in [3.05, 3.63) is 121 Å². The lowest BCUT2D eigenvalue weighted by atomic mass is 10.0. The fourth-order valence-electron chi connectivity index (χ4n) is 3.21. The van der Waals surface area contributed by atoms with Gasteiger partial charge in [0.25, 0.3) is 5.91 Å². The third kappa shape index (κ3) is 4.67. The van der Waals surface area contributed by atoms with E-state index in [1.165, 1.54) is 0 Å². The van der Waals surface area contributed by atoms with E-state index in [0.717, 1.165) is 16.8 Å². The first-order valence-electron chi connectivity index (χ1n) is 9.73. The molecule has 4 rings (SSSR count). The van der Waals surface area contributed by atoms with Crippen LogP contribution < -0.4 is 9.88 Å². The minimum absolute atomic E-state index is 0.0364. The Morgan fingerprint density at radius 3 is 1.80 bits per heavy atom. The second-order valence-corrected chi connectivity index (χ2v) is 6.95. The standard InChI is InChI=1S/C26H20N2O2/c29-25(27-24-13-11-21(12-14-24)20-7-3-1-4-8-20)19-28-17-15-23(16-18-28)26(30)22-9-5-2-6-10-22/h1-18H,19H2/p+1. The zero-order valence-electron chi connectivity index (χ0n) is 16.4. The van der Waals surface area contributed by atoms with E-state index in [4.69, 9.17) is 0 Å². The van der Waals surface area contributed by atoms with E-state index in [0.29, 0.717) is 11.1 Å². The lowest BCUT2D eigenvalue weighted by Crippen LogP contribution is -2.39. The molecule has 1 aromatic heterocycles. The van der Waals surface area contributed by atoms with Gasteiger partial charge in [-0.2, -0.15) is 4.57 Å². The highest BCUT2D eigenvalue weighted by Crippen LogP contribution is 2.20. The molecule has 0 aliphatic rings. The van der Waals surface area contributed by atoms with Crippen LogP contribution in [-0.2, 0) is 11.3 Å². The third-order valence-electron chi connectivity index (χ3n) is 4.79. The molecule has 0 bridgehead atoms. The van der Waals surface area contributed by atoms with Crippen molar-refractivity contribution in [1.82, 2.24) is 0 Å². The Balaban J connectivity index is 1.36. The number of benzene rings is 3. The van der Waals surface area contributed by atoms with E-state index in [1.807, 2.05) is 60.7 Å². The zero-order chi connectivity index (χ0) is 20.8. The Hall–Kier alpha value is -4.05. The van der Waals surface area contributed by atoms with Gasteiger partial charge in [-0.3, -0.25) is 9.59 Å². The average molecular weight is 393 g/mol. The van der Waals surface area contributed by atoms with Crippen LogP contribution in [-0.4, -0.2) is 11.7 Å². The fraction of sp³-hybridized carbons (Fsp3) is 0.0385. The first-order valence-corrected chi connectivity index (χ1v) is 9.73. The van der Waals surface area contributed by atoms with Crippen molar-refractivity contribution in [2.45, 2.75) is 6.54 Å². The van der Waals surface area contributed by atoms with Gasteiger partial charge in [-0.15, -0.1) is 0 Å². The number of anilines is 1. The van der Waals surface area contributed by atoms with Crippen molar-refractivity contribution in [3.8, 4) is 11.1 Å². The van der Waals surface area contributed by atoms with E-state index in [1.54, 1.807) is 41.2 Å². The predicted octanol–water partition coefficient (Wildman–Crippen LogP) is 4.51. The van der Waals surface area contributed by atoms with Gasteiger partial charge in [0.05, 0.1) is 0 Å². The number of carbonyl (C=O) groups is 2. The molecule has 30 heavy (non-hydrogen) atoms. The molecule has 0 atom stereocenters. The maximum Gasteiger partial charge on any atom is 0.290 e. The number of carbonyl (C=O) groups excluding carboxylic acids is 2. The molecule has 0 fully saturated rings. The highest BCUT2D eigenvalue weighted by atomic mass is 16.2. The highest BCUT2D eigenvalue weighted by Gasteiger charge is 2.13. The monoisotopic (exact) mass is 393 g/mol. The topological polar surface area (TPSA) is 50.0 Å². The highest BCUT2D eigenvalue weighted by molar-refractivity contribution is 6.08. The third-order valence-corrected chi connectivity index (χ3v) is 4.79. The minimum atomic E-state index is -0.130. The molecule has 1 N–H and O–H groups in total. The van der Waals surface area contributed by atoms with Crippen molar-refractivity contribution < 1.29 is 14.2 Å². The van der Waals surface area contributed by atoms with Gasteiger partial charge in [0.2, 0.25) is 6.54 Å². The Bertz CT molecular complexity index is 1140. The summed E-state index contributed by atoms with van der Waals surface area (Å²) in [6.45, 7) is 0.167. The number of pyridine rings is 1. The van der Waals surface area contributed by atoms with Crippen LogP contribution in [0.5, 0.6) is 0 Å². The van der Waals surface area contributed by atoms with Crippen LogP contribution in [0.3, 0.4) is 0 Å². The normalized spacial score (nSPS) is 10.4. The molecular formula is C26H21N2O2+. The van der Waals surface area contributed by atoms with Crippen LogP contribution in [0.4, 0.5) is 5.69 Å². The summed E-state index contributed by atoms with van der Waals surface area (Å²) in [4.78, 5) is 24.8. The molecule has 0 radical (unpaired) electrons. The molecule has 3 aromatic carbocycles. The molecule has 0 unspecified atom stereocenters. The van der Waals surface area contributed by atoms with Gasteiger partial charge >= 0.3 is 0 Å². The smallest absolute Gasteiger partial charge is 0.290 e. The van der Waals surface area contributed by atoms with Gasteiger partial charge in [-0.05, 0) is 23.3 Å². The molecule has 146 valence electrons. The van der Waals surface area contributed by atoms with Crippen LogP contribution in [0.2, 0.25) is 0 Å².